The molecule has 33 heavy (non-hydrogen) atoms. The van der Waals surface area contributed by atoms with Gasteiger partial charge >= 0.3 is 0 Å². The highest BCUT2D eigenvalue weighted by Crippen LogP contribution is 2.18. The third-order valence-electron chi connectivity index (χ3n) is 5.41. The van der Waals surface area contributed by atoms with Gasteiger partial charge in [0.1, 0.15) is 6.10 Å². The molecule has 0 aliphatic carbocycles. The molecule has 0 radical (unpaired) electrons. The van der Waals surface area contributed by atoms with Gasteiger partial charge in [-0.05, 0) is 42.5 Å². The van der Waals surface area contributed by atoms with Crippen LogP contribution in [0.5, 0.6) is 5.75 Å². The monoisotopic (exact) mass is 571 g/mol. The molecule has 3 rings (SSSR count). The van der Waals surface area contributed by atoms with Gasteiger partial charge in [0.2, 0.25) is 0 Å². The number of hydrogen-bond acceptors (Lipinski definition) is 4. The van der Waals surface area contributed by atoms with E-state index in [0.29, 0.717) is 25.7 Å². The molecule has 1 aliphatic rings. The fourth-order valence-electron chi connectivity index (χ4n) is 3.49. The van der Waals surface area contributed by atoms with E-state index in [2.05, 4.69) is 33.8 Å². The van der Waals surface area contributed by atoms with E-state index in [0.717, 1.165) is 43.6 Å². The first-order valence-corrected chi connectivity index (χ1v) is 11.3. The summed E-state index contributed by atoms with van der Waals surface area (Å²) in [5.41, 5.74) is 2.30. The van der Waals surface area contributed by atoms with Crippen molar-refractivity contribution in [2.24, 2.45) is 4.99 Å². The van der Waals surface area contributed by atoms with Crippen LogP contribution in [0.4, 0.5) is 4.39 Å². The van der Waals surface area contributed by atoms with Gasteiger partial charge in [-0.25, -0.2) is 4.39 Å². The summed E-state index contributed by atoms with van der Waals surface area (Å²) in [5, 5.41) is 6.59. The van der Waals surface area contributed by atoms with E-state index in [4.69, 9.17) is 14.2 Å². The molecule has 1 unspecified atom stereocenters. The second-order valence-electron chi connectivity index (χ2n) is 7.83. The van der Waals surface area contributed by atoms with Crippen LogP contribution >= 0.6 is 24.0 Å². The van der Waals surface area contributed by atoms with Crippen molar-refractivity contribution in [2.45, 2.75) is 51.5 Å². The normalized spacial score (nSPS) is 15.4. The molecule has 0 amide bonds. The molecular formula is C25H35FIN3O3. The average molecular weight is 571 g/mol. The number of guanidine groups is 1. The highest BCUT2D eigenvalue weighted by atomic mass is 127. The minimum Gasteiger partial charge on any atom is -0.486 e. The van der Waals surface area contributed by atoms with Crippen LogP contribution in [0.1, 0.15) is 37.3 Å². The fourth-order valence-corrected chi connectivity index (χ4v) is 3.49. The molecule has 1 atom stereocenters. The number of ether oxygens (including phenoxy) is 3. The standard InChI is InChI=1S/C25H34FN3O3.HI/c1-3-21(32-24-10-5-4-9-23(24)26)17-29-25(27-2)28-16-19-7-6-8-20(15-19)18-31-22-11-13-30-14-12-22;/h4-10,15,21-22H,3,11-14,16-18H2,1-2H3,(H2,27,28,29);1H. The van der Waals surface area contributed by atoms with Gasteiger partial charge in [0.15, 0.2) is 17.5 Å². The summed E-state index contributed by atoms with van der Waals surface area (Å²) in [6, 6.07) is 14.8. The Labute approximate surface area is 213 Å². The quantitative estimate of drug-likeness (QED) is 0.247. The Morgan fingerprint density at radius 1 is 1.12 bits per heavy atom. The van der Waals surface area contributed by atoms with E-state index in [9.17, 15) is 4.39 Å². The van der Waals surface area contributed by atoms with Crippen molar-refractivity contribution in [1.82, 2.24) is 10.6 Å². The number of nitrogens with zero attached hydrogens (tertiary/aromatic N) is 1. The van der Waals surface area contributed by atoms with E-state index in [1.807, 2.05) is 13.0 Å². The van der Waals surface area contributed by atoms with Gasteiger partial charge in [-0.2, -0.15) is 0 Å². The molecular weight excluding hydrogens is 536 g/mol. The molecule has 2 N–H and O–H groups in total. The number of benzene rings is 2. The molecule has 1 saturated heterocycles. The van der Waals surface area contributed by atoms with Crippen LogP contribution in [0.2, 0.25) is 0 Å². The summed E-state index contributed by atoms with van der Waals surface area (Å²) in [6.45, 7) is 5.34. The molecule has 1 aliphatic heterocycles. The number of rotatable bonds is 10. The molecule has 0 aromatic heterocycles. The Morgan fingerprint density at radius 2 is 1.88 bits per heavy atom. The maximum atomic E-state index is 13.9. The molecule has 0 spiro atoms. The zero-order chi connectivity index (χ0) is 22.6. The second-order valence-corrected chi connectivity index (χ2v) is 7.83. The van der Waals surface area contributed by atoms with Crippen molar-refractivity contribution in [3.63, 3.8) is 0 Å². The number of aliphatic imine (C=N–C) groups is 1. The molecule has 2 aromatic carbocycles. The van der Waals surface area contributed by atoms with Crippen molar-refractivity contribution >= 4 is 29.9 Å². The zero-order valence-electron chi connectivity index (χ0n) is 19.4. The van der Waals surface area contributed by atoms with Crippen LogP contribution in [-0.4, -0.2) is 45.0 Å². The highest BCUT2D eigenvalue weighted by Gasteiger charge is 2.14. The molecule has 6 nitrogen and oxygen atoms in total. The molecule has 8 heteroatoms. The second kappa shape index (κ2) is 15.1. The molecule has 182 valence electrons. The summed E-state index contributed by atoms with van der Waals surface area (Å²) in [7, 11) is 1.73. The van der Waals surface area contributed by atoms with Gasteiger partial charge < -0.3 is 24.8 Å². The van der Waals surface area contributed by atoms with Crippen LogP contribution in [0, 0.1) is 5.82 Å². The average Bonchev–Trinajstić information content (AvgIpc) is 2.84. The fraction of sp³-hybridized carbons (Fsp3) is 0.480. The first kappa shape index (κ1) is 27.3. The predicted molar refractivity (Wildman–Crippen MR) is 140 cm³/mol. The maximum absolute atomic E-state index is 13.9. The lowest BCUT2D eigenvalue weighted by Crippen LogP contribution is -2.42. The van der Waals surface area contributed by atoms with Crippen molar-refractivity contribution in [3.05, 3.63) is 65.5 Å². The van der Waals surface area contributed by atoms with E-state index in [-0.39, 0.29) is 47.8 Å². The lowest BCUT2D eigenvalue weighted by Gasteiger charge is -2.22. The SMILES string of the molecule is CCC(CNC(=NC)NCc1cccc(COC2CCOCC2)c1)Oc1ccccc1F.I. The smallest absolute Gasteiger partial charge is 0.191 e. The van der Waals surface area contributed by atoms with Crippen LogP contribution in [0.25, 0.3) is 0 Å². The largest absolute Gasteiger partial charge is 0.486 e. The lowest BCUT2D eigenvalue weighted by molar-refractivity contribution is -0.0390. The summed E-state index contributed by atoms with van der Waals surface area (Å²) in [6.07, 6.45) is 2.78. The van der Waals surface area contributed by atoms with Crippen LogP contribution in [0.3, 0.4) is 0 Å². The van der Waals surface area contributed by atoms with Crippen molar-refractivity contribution in [1.29, 1.82) is 0 Å². The maximum Gasteiger partial charge on any atom is 0.191 e. The molecule has 2 aromatic rings. The van der Waals surface area contributed by atoms with Gasteiger partial charge in [-0.3, -0.25) is 4.99 Å². The third kappa shape index (κ3) is 9.46. The Bertz CT molecular complexity index is 862. The van der Waals surface area contributed by atoms with Crippen LogP contribution in [-0.2, 0) is 22.6 Å². The number of hydrogen-bond donors (Lipinski definition) is 2. The third-order valence-corrected chi connectivity index (χ3v) is 5.41. The highest BCUT2D eigenvalue weighted by molar-refractivity contribution is 14.0. The zero-order valence-corrected chi connectivity index (χ0v) is 21.7. The predicted octanol–water partition coefficient (Wildman–Crippen LogP) is 4.66. The minimum atomic E-state index is -0.353. The summed E-state index contributed by atoms with van der Waals surface area (Å²) in [5.74, 6) is 0.586. The van der Waals surface area contributed by atoms with E-state index < -0.39 is 0 Å². The first-order chi connectivity index (χ1) is 15.7. The van der Waals surface area contributed by atoms with Gasteiger partial charge in [0.05, 0.1) is 19.3 Å². The minimum absolute atomic E-state index is 0. The molecule has 0 bridgehead atoms. The number of para-hydroxylation sites is 1. The van der Waals surface area contributed by atoms with Crippen molar-refractivity contribution in [2.75, 3.05) is 26.8 Å². The summed E-state index contributed by atoms with van der Waals surface area (Å²) >= 11 is 0. The van der Waals surface area contributed by atoms with Gasteiger partial charge in [-0.15, -0.1) is 24.0 Å². The topological polar surface area (TPSA) is 64.1 Å². The van der Waals surface area contributed by atoms with Gasteiger partial charge in [0, 0.05) is 26.8 Å². The molecule has 1 fully saturated rings. The van der Waals surface area contributed by atoms with E-state index in [1.165, 1.54) is 6.07 Å². The number of nitrogens with one attached hydrogen (secondary N) is 2. The van der Waals surface area contributed by atoms with Gasteiger partial charge in [0.25, 0.3) is 0 Å². The van der Waals surface area contributed by atoms with E-state index in [1.54, 1.807) is 25.2 Å². The van der Waals surface area contributed by atoms with E-state index >= 15 is 0 Å². The Hall–Kier alpha value is -1.91. The summed E-state index contributed by atoms with van der Waals surface area (Å²) in [4.78, 5) is 4.28. The first-order valence-electron chi connectivity index (χ1n) is 11.3. The Kier molecular flexibility index (Phi) is 12.5. The van der Waals surface area contributed by atoms with Crippen LogP contribution in [0.15, 0.2) is 53.5 Å². The molecule has 1 heterocycles. The Morgan fingerprint density at radius 3 is 2.61 bits per heavy atom. The summed E-state index contributed by atoms with van der Waals surface area (Å²) < 4.78 is 31.1. The molecule has 0 saturated carbocycles. The Balaban J connectivity index is 0.00000385. The number of halogens is 2. The van der Waals surface area contributed by atoms with Gasteiger partial charge in [-0.1, -0.05) is 43.3 Å². The van der Waals surface area contributed by atoms with Crippen molar-refractivity contribution < 1.29 is 18.6 Å². The lowest BCUT2D eigenvalue weighted by atomic mass is 10.1. The van der Waals surface area contributed by atoms with Crippen LogP contribution < -0.4 is 15.4 Å². The van der Waals surface area contributed by atoms with Crippen molar-refractivity contribution in [3.8, 4) is 5.75 Å².